The van der Waals surface area contributed by atoms with Gasteiger partial charge >= 0.3 is 12.1 Å². The standard InChI is InChI=1S/C33H52N2O8/c1-7-26(37)24(5)31-28(41-31)20-33(6,40)14-8-9-22(3)30-23(4)11-13-27(42-32(39)35-17-15-34-16-18-35)21(2)10-12-25(36)19-29(38)43-30/h8-9,11,13-14,23-28,30-31,34,36-37,40H,2,7,10,12,15-20H2,1,3-6H3/b13-11+,14-8+,22-9+. The Morgan fingerprint density at radius 2 is 2.02 bits per heavy atom. The van der Waals surface area contributed by atoms with Gasteiger partial charge in [0, 0.05) is 44.4 Å². The summed E-state index contributed by atoms with van der Waals surface area (Å²) in [6.45, 7) is 16.0. The molecule has 4 N–H and O–H groups in total. The van der Waals surface area contributed by atoms with Crippen molar-refractivity contribution < 1.29 is 39.1 Å². The Balaban J connectivity index is 1.71. The summed E-state index contributed by atoms with van der Waals surface area (Å²) < 4.78 is 17.4. The van der Waals surface area contributed by atoms with E-state index in [0.29, 0.717) is 51.0 Å². The van der Waals surface area contributed by atoms with E-state index in [0.717, 1.165) is 5.57 Å². The average molecular weight is 605 g/mol. The minimum Gasteiger partial charge on any atom is -0.457 e. The zero-order valence-electron chi connectivity index (χ0n) is 26.4. The fourth-order valence-corrected chi connectivity index (χ4v) is 5.61. The smallest absolute Gasteiger partial charge is 0.410 e. The van der Waals surface area contributed by atoms with Crippen LogP contribution >= 0.6 is 0 Å². The van der Waals surface area contributed by atoms with Gasteiger partial charge in [-0.15, -0.1) is 0 Å². The fraction of sp³-hybridized carbons (Fsp3) is 0.697. The molecule has 3 aliphatic heterocycles. The van der Waals surface area contributed by atoms with Crippen LogP contribution in [0.5, 0.6) is 0 Å². The minimum atomic E-state index is -1.13. The first-order valence-electron chi connectivity index (χ1n) is 15.6. The van der Waals surface area contributed by atoms with Crippen molar-refractivity contribution in [1.29, 1.82) is 0 Å². The zero-order chi connectivity index (χ0) is 31.7. The van der Waals surface area contributed by atoms with E-state index in [-0.39, 0.29) is 36.9 Å². The van der Waals surface area contributed by atoms with Crippen molar-refractivity contribution in [2.24, 2.45) is 11.8 Å². The van der Waals surface area contributed by atoms with E-state index in [1.54, 1.807) is 36.1 Å². The van der Waals surface area contributed by atoms with E-state index in [9.17, 15) is 24.9 Å². The second-order valence-corrected chi connectivity index (χ2v) is 12.6. The van der Waals surface area contributed by atoms with Crippen molar-refractivity contribution >= 4 is 12.1 Å². The summed E-state index contributed by atoms with van der Waals surface area (Å²) in [4.78, 5) is 27.2. The van der Waals surface area contributed by atoms with Gasteiger partial charge in [0.15, 0.2) is 0 Å². The number of nitrogens with zero attached hydrogens (tertiary/aromatic N) is 1. The van der Waals surface area contributed by atoms with Gasteiger partial charge in [0.2, 0.25) is 0 Å². The number of allylic oxidation sites excluding steroid dienone is 2. The molecule has 2 fully saturated rings. The van der Waals surface area contributed by atoms with E-state index in [2.05, 4.69) is 11.9 Å². The quantitative estimate of drug-likeness (QED) is 0.135. The lowest BCUT2D eigenvalue weighted by Gasteiger charge is -2.29. The number of aliphatic hydroxyl groups excluding tert-OH is 2. The van der Waals surface area contributed by atoms with Gasteiger partial charge in [-0.25, -0.2) is 4.79 Å². The van der Waals surface area contributed by atoms with Crippen molar-refractivity contribution in [1.82, 2.24) is 10.2 Å². The molecule has 0 bridgehead atoms. The van der Waals surface area contributed by atoms with Gasteiger partial charge in [0.05, 0.1) is 36.4 Å². The molecule has 0 spiro atoms. The van der Waals surface area contributed by atoms with Crippen LogP contribution in [0.3, 0.4) is 0 Å². The number of esters is 1. The summed E-state index contributed by atoms with van der Waals surface area (Å²) in [6.07, 6.45) is 7.19. The Morgan fingerprint density at radius 3 is 2.70 bits per heavy atom. The largest absolute Gasteiger partial charge is 0.457 e. The lowest BCUT2D eigenvalue weighted by Crippen LogP contribution is -2.47. The molecule has 0 saturated carbocycles. The summed E-state index contributed by atoms with van der Waals surface area (Å²) >= 11 is 0. The molecule has 43 heavy (non-hydrogen) atoms. The molecule has 0 aromatic heterocycles. The van der Waals surface area contributed by atoms with E-state index in [1.165, 1.54) is 0 Å². The van der Waals surface area contributed by atoms with Crippen LogP contribution in [0.4, 0.5) is 4.79 Å². The summed E-state index contributed by atoms with van der Waals surface area (Å²) in [5.41, 5.74) is 0.264. The highest BCUT2D eigenvalue weighted by molar-refractivity contribution is 5.70. The van der Waals surface area contributed by atoms with Gasteiger partial charge in [-0.2, -0.15) is 0 Å². The number of hydrogen-bond donors (Lipinski definition) is 4. The van der Waals surface area contributed by atoms with E-state index in [4.69, 9.17) is 14.2 Å². The normalized spacial score (nSPS) is 33.0. The summed E-state index contributed by atoms with van der Waals surface area (Å²) in [5, 5.41) is 34.8. The van der Waals surface area contributed by atoms with E-state index < -0.39 is 42.1 Å². The molecule has 242 valence electrons. The third-order valence-corrected chi connectivity index (χ3v) is 8.57. The number of aliphatic hydroxyl groups is 3. The van der Waals surface area contributed by atoms with Crippen LogP contribution < -0.4 is 5.32 Å². The second-order valence-electron chi connectivity index (χ2n) is 12.6. The Bertz CT molecular complexity index is 1050. The zero-order valence-corrected chi connectivity index (χ0v) is 26.4. The van der Waals surface area contributed by atoms with Crippen molar-refractivity contribution in [2.75, 3.05) is 26.2 Å². The van der Waals surface area contributed by atoms with Crippen LogP contribution in [0, 0.1) is 11.8 Å². The Morgan fingerprint density at radius 1 is 1.33 bits per heavy atom. The Kier molecular flexibility index (Phi) is 13.0. The number of amides is 1. The summed E-state index contributed by atoms with van der Waals surface area (Å²) in [5.74, 6) is -0.788. The van der Waals surface area contributed by atoms with Crippen LogP contribution in [0.15, 0.2) is 48.1 Å². The molecule has 9 unspecified atom stereocenters. The first-order valence-corrected chi connectivity index (χ1v) is 15.6. The molecule has 3 aliphatic rings. The monoisotopic (exact) mass is 604 g/mol. The summed E-state index contributed by atoms with van der Waals surface area (Å²) in [7, 11) is 0. The van der Waals surface area contributed by atoms with Gasteiger partial charge in [-0.3, -0.25) is 4.79 Å². The van der Waals surface area contributed by atoms with Crippen LogP contribution in [0.25, 0.3) is 0 Å². The molecule has 3 rings (SSSR count). The van der Waals surface area contributed by atoms with Gasteiger partial charge in [-0.05, 0) is 50.3 Å². The average Bonchev–Trinajstić information content (AvgIpc) is 3.73. The highest BCUT2D eigenvalue weighted by atomic mass is 16.6. The molecule has 10 nitrogen and oxygen atoms in total. The third kappa shape index (κ3) is 10.9. The Labute approximate surface area is 256 Å². The maximum Gasteiger partial charge on any atom is 0.410 e. The van der Waals surface area contributed by atoms with Gasteiger partial charge in [-0.1, -0.05) is 51.7 Å². The molecule has 0 aliphatic carbocycles. The number of cyclic esters (lactones) is 1. The predicted octanol–water partition coefficient (Wildman–Crippen LogP) is 3.42. The van der Waals surface area contributed by atoms with E-state index in [1.807, 2.05) is 33.8 Å². The molecule has 10 heteroatoms. The van der Waals surface area contributed by atoms with Crippen LogP contribution in [0.2, 0.25) is 0 Å². The van der Waals surface area contributed by atoms with Crippen LogP contribution in [-0.4, -0.2) is 101 Å². The summed E-state index contributed by atoms with van der Waals surface area (Å²) in [6, 6.07) is 0. The molecule has 9 atom stereocenters. The highest BCUT2D eigenvalue weighted by Gasteiger charge is 2.47. The molecular formula is C33H52N2O8. The van der Waals surface area contributed by atoms with Gasteiger partial charge in [0.1, 0.15) is 12.2 Å². The van der Waals surface area contributed by atoms with Gasteiger partial charge in [0.25, 0.3) is 0 Å². The van der Waals surface area contributed by atoms with Crippen LogP contribution in [0.1, 0.15) is 66.7 Å². The maximum atomic E-state index is 12.8. The SMILES string of the molecule is C=C1CCC(O)CC(=O)OC(/C(C)=C/C=C/C(C)(O)CC2OC2C(C)C(O)CC)C(C)/C=C/C1OC(=O)N1CCNCC1. The number of rotatable bonds is 9. The van der Waals surface area contributed by atoms with Crippen molar-refractivity contribution in [2.45, 2.75) is 109 Å². The van der Waals surface area contributed by atoms with Crippen molar-refractivity contribution in [3.05, 3.63) is 48.1 Å². The number of piperazine rings is 1. The first kappa shape index (κ1) is 35.0. The predicted molar refractivity (Wildman–Crippen MR) is 164 cm³/mol. The molecule has 0 radical (unpaired) electrons. The number of hydrogen-bond acceptors (Lipinski definition) is 9. The van der Waals surface area contributed by atoms with Crippen molar-refractivity contribution in [3.63, 3.8) is 0 Å². The number of ether oxygens (including phenoxy) is 3. The highest BCUT2D eigenvalue weighted by Crippen LogP contribution is 2.37. The molecule has 0 aromatic rings. The molecule has 1 amide bonds. The lowest BCUT2D eigenvalue weighted by molar-refractivity contribution is -0.151. The Hall–Kier alpha value is -2.50. The van der Waals surface area contributed by atoms with Crippen molar-refractivity contribution in [3.8, 4) is 0 Å². The topological polar surface area (TPSA) is 141 Å². The number of epoxide rings is 1. The number of carbonyl (C=O) groups is 2. The maximum absolute atomic E-state index is 12.8. The molecular weight excluding hydrogens is 552 g/mol. The minimum absolute atomic E-state index is 0.00289. The van der Waals surface area contributed by atoms with Gasteiger partial charge < -0.3 is 39.7 Å². The second kappa shape index (κ2) is 16.0. The van der Waals surface area contributed by atoms with E-state index >= 15 is 0 Å². The first-order chi connectivity index (χ1) is 20.3. The lowest BCUT2D eigenvalue weighted by atomic mass is 9.91. The molecule has 0 aromatic carbocycles. The molecule has 2 saturated heterocycles. The number of nitrogens with one attached hydrogen (secondary N) is 1. The third-order valence-electron chi connectivity index (χ3n) is 8.57. The van der Waals surface area contributed by atoms with Crippen LogP contribution in [-0.2, 0) is 19.0 Å². The fourth-order valence-electron chi connectivity index (χ4n) is 5.61. The molecule has 3 heterocycles. The number of carbonyl (C=O) groups excluding carboxylic acids is 2.